The second kappa shape index (κ2) is 10.5. The Kier molecular flexibility index (Phi) is 7.05. The molecule has 4 rings (SSSR count). The highest BCUT2D eigenvalue weighted by molar-refractivity contribution is 6.04. The van der Waals surface area contributed by atoms with Crippen LogP contribution in [0.4, 0.5) is 21.6 Å². The highest BCUT2D eigenvalue weighted by atomic mass is 19.1. The molecular formula is C27H25FN4O. The smallest absolute Gasteiger partial charge is 0.255 e. The molecule has 0 aliphatic heterocycles. The number of unbranched alkanes of at least 4 members (excludes halogenated alkanes) is 1. The minimum Gasteiger partial charge on any atom is -0.339 e. The van der Waals surface area contributed by atoms with Crippen LogP contribution in [-0.2, 0) is 6.42 Å². The summed E-state index contributed by atoms with van der Waals surface area (Å²) in [6.45, 7) is 2.17. The van der Waals surface area contributed by atoms with E-state index >= 15 is 0 Å². The minimum absolute atomic E-state index is 0.188. The van der Waals surface area contributed by atoms with Crippen LogP contribution in [0.2, 0.25) is 0 Å². The van der Waals surface area contributed by atoms with Gasteiger partial charge in [0.1, 0.15) is 5.82 Å². The minimum atomic E-state index is -0.320. The molecule has 1 heterocycles. The van der Waals surface area contributed by atoms with Crippen LogP contribution in [0.3, 0.4) is 0 Å². The Morgan fingerprint density at radius 2 is 1.70 bits per heavy atom. The van der Waals surface area contributed by atoms with Crippen LogP contribution in [0, 0.1) is 5.82 Å². The second-order valence-corrected chi connectivity index (χ2v) is 7.77. The zero-order chi connectivity index (χ0) is 23.0. The topological polar surface area (TPSA) is 66.9 Å². The first kappa shape index (κ1) is 22.1. The van der Waals surface area contributed by atoms with Crippen LogP contribution in [0.25, 0.3) is 11.3 Å². The Bertz CT molecular complexity index is 1220. The summed E-state index contributed by atoms with van der Waals surface area (Å²) in [5.41, 5.74) is 4.51. The van der Waals surface area contributed by atoms with Gasteiger partial charge >= 0.3 is 0 Å². The quantitative estimate of drug-likeness (QED) is 0.323. The number of benzene rings is 3. The molecule has 1 aromatic heterocycles. The standard InChI is InChI=1S/C27H25FN4O/c1-2-3-6-19-11-13-23(14-12-19)30-27(33)21-8-5-10-24(18-21)29-26-16-15-25(31-32-26)20-7-4-9-22(28)17-20/h4-5,7-18H,2-3,6H2,1H3,(H,29,32)(H,30,33). The van der Waals surface area contributed by atoms with E-state index in [1.54, 1.807) is 42.5 Å². The summed E-state index contributed by atoms with van der Waals surface area (Å²) in [4.78, 5) is 12.7. The zero-order valence-electron chi connectivity index (χ0n) is 18.4. The molecule has 0 saturated heterocycles. The molecule has 166 valence electrons. The Hall–Kier alpha value is -4.06. The first-order valence-electron chi connectivity index (χ1n) is 11.0. The molecule has 0 atom stereocenters. The molecule has 0 bridgehead atoms. The molecule has 0 saturated carbocycles. The molecule has 4 aromatic rings. The molecule has 33 heavy (non-hydrogen) atoms. The zero-order valence-corrected chi connectivity index (χ0v) is 18.4. The number of anilines is 3. The summed E-state index contributed by atoms with van der Waals surface area (Å²) in [7, 11) is 0. The molecule has 2 N–H and O–H groups in total. The van der Waals surface area contributed by atoms with Crippen LogP contribution in [0.1, 0.15) is 35.7 Å². The number of hydrogen-bond donors (Lipinski definition) is 2. The Morgan fingerprint density at radius 3 is 2.42 bits per heavy atom. The van der Waals surface area contributed by atoms with E-state index in [9.17, 15) is 9.18 Å². The third-order valence-corrected chi connectivity index (χ3v) is 5.21. The number of carbonyl (C=O) groups is 1. The van der Waals surface area contributed by atoms with Gasteiger partial charge < -0.3 is 10.6 Å². The summed E-state index contributed by atoms with van der Waals surface area (Å²) in [5, 5.41) is 14.4. The fourth-order valence-corrected chi connectivity index (χ4v) is 3.43. The fourth-order valence-electron chi connectivity index (χ4n) is 3.43. The molecule has 0 unspecified atom stereocenters. The number of rotatable bonds is 8. The third-order valence-electron chi connectivity index (χ3n) is 5.21. The fraction of sp³-hybridized carbons (Fsp3) is 0.148. The van der Waals surface area contributed by atoms with Crippen LogP contribution >= 0.6 is 0 Å². The van der Waals surface area contributed by atoms with Crippen molar-refractivity contribution >= 4 is 23.1 Å². The van der Waals surface area contributed by atoms with Gasteiger partial charge in [0.05, 0.1) is 5.69 Å². The second-order valence-electron chi connectivity index (χ2n) is 7.77. The van der Waals surface area contributed by atoms with Gasteiger partial charge in [0.15, 0.2) is 5.82 Å². The lowest BCUT2D eigenvalue weighted by Gasteiger charge is -2.09. The van der Waals surface area contributed by atoms with Crippen molar-refractivity contribution in [1.82, 2.24) is 10.2 Å². The molecule has 0 fully saturated rings. The molecular weight excluding hydrogens is 415 g/mol. The molecule has 6 heteroatoms. The number of aromatic nitrogens is 2. The predicted molar refractivity (Wildman–Crippen MR) is 130 cm³/mol. The number of carbonyl (C=O) groups excluding carboxylic acids is 1. The van der Waals surface area contributed by atoms with Crippen molar-refractivity contribution in [3.8, 4) is 11.3 Å². The molecule has 0 spiro atoms. The van der Waals surface area contributed by atoms with Crippen molar-refractivity contribution in [3.63, 3.8) is 0 Å². The lowest BCUT2D eigenvalue weighted by Crippen LogP contribution is -2.12. The van der Waals surface area contributed by atoms with E-state index in [0.29, 0.717) is 28.3 Å². The van der Waals surface area contributed by atoms with Crippen LogP contribution in [0.5, 0.6) is 0 Å². The van der Waals surface area contributed by atoms with Crippen molar-refractivity contribution in [1.29, 1.82) is 0 Å². The molecule has 0 aliphatic rings. The SMILES string of the molecule is CCCCc1ccc(NC(=O)c2cccc(Nc3ccc(-c4cccc(F)c4)nn3)c2)cc1. The highest BCUT2D eigenvalue weighted by Gasteiger charge is 2.08. The van der Waals surface area contributed by atoms with Crippen LogP contribution in [-0.4, -0.2) is 16.1 Å². The first-order chi connectivity index (χ1) is 16.1. The molecule has 0 radical (unpaired) electrons. The van der Waals surface area contributed by atoms with Gasteiger partial charge in [-0.05, 0) is 73.0 Å². The largest absolute Gasteiger partial charge is 0.339 e. The van der Waals surface area contributed by atoms with Gasteiger partial charge in [0.25, 0.3) is 5.91 Å². The monoisotopic (exact) mass is 440 g/mol. The first-order valence-corrected chi connectivity index (χ1v) is 11.0. The number of amides is 1. The maximum atomic E-state index is 13.4. The summed E-state index contributed by atoms with van der Waals surface area (Å²) < 4.78 is 13.4. The number of nitrogens with one attached hydrogen (secondary N) is 2. The van der Waals surface area contributed by atoms with Gasteiger partial charge in [-0.15, -0.1) is 10.2 Å². The normalized spacial score (nSPS) is 10.6. The Morgan fingerprint density at radius 1 is 0.879 bits per heavy atom. The highest BCUT2D eigenvalue weighted by Crippen LogP contribution is 2.21. The van der Waals surface area contributed by atoms with Gasteiger partial charge in [-0.25, -0.2) is 4.39 Å². The molecule has 3 aromatic carbocycles. The van der Waals surface area contributed by atoms with Crippen molar-refractivity contribution in [2.24, 2.45) is 0 Å². The third kappa shape index (κ3) is 6.01. The number of aryl methyl sites for hydroxylation is 1. The van der Waals surface area contributed by atoms with Crippen molar-refractivity contribution in [2.75, 3.05) is 10.6 Å². The van der Waals surface area contributed by atoms with Gasteiger partial charge in [0, 0.05) is 22.5 Å². The van der Waals surface area contributed by atoms with Gasteiger partial charge in [-0.2, -0.15) is 0 Å². The molecule has 0 aliphatic carbocycles. The van der Waals surface area contributed by atoms with E-state index in [-0.39, 0.29) is 11.7 Å². The summed E-state index contributed by atoms with van der Waals surface area (Å²) >= 11 is 0. The summed E-state index contributed by atoms with van der Waals surface area (Å²) in [6, 6.07) is 24.9. The lowest BCUT2D eigenvalue weighted by atomic mass is 10.1. The summed E-state index contributed by atoms with van der Waals surface area (Å²) in [6.07, 6.45) is 3.36. The lowest BCUT2D eigenvalue weighted by molar-refractivity contribution is 0.102. The van der Waals surface area contributed by atoms with Crippen molar-refractivity contribution < 1.29 is 9.18 Å². The number of hydrogen-bond acceptors (Lipinski definition) is 4. The average molecular weight is 441 g/mol. The Labute approximate surface area is 192 Å². The molecule has 1 amide bonds. The van der Waals surface area contributed by atoms with Crippen LogP contribution in [0.15, 0.2) is 84.9 Å². The maximum Gasteiger partial charge on any atom is 0.255 e. The summed E-state index contributed by atoms with van der Waals surface area (Å²) in [5.74, 6) is 0.0157. The van der Waals surface area contributed by atoms with Gasteiger partial charge in [-0.3, -0.25) is 4.79 Å². The number of nitrogens with zero attached hydrogens (tertiary/aromatic N) is 2. The van der Waals surface area contributed by atoms with E-state index in [4.69, 9.17) is 0 Å². The molecule has 5 nitrogen and oxygen atoms in total. The van der Waals surface area contributed by atoms with Crippen molar-refractivity contribution in [2.45, 2.75) is 26.2 Å². The van der Waals surface area contributed by atoms with Crippen molar-refractivity contribution in [3.05, 3.63) is 102 Å². The van der Waals surface area contributed by atoms with E-state index in [1.807, 2.05) is 18.2 Å². The van der Waals surface area contributed by atoms with Gasteiger partial charge in [-0.1, -0.05) is 43.7 Å². The van der Waals surface area contributed by atoms with E-state index in [0.717, 1.165) is 24.9 Å². The van der Waals surface area contributed by atoms with Crippen LogP contribution < -0.4 is 10.6 Å². The number of halogens is 1. The van der Waals surface area contributed by atoms with E-state index in [1.165, 1.54) is 17.7 Å². The van der Waals surface area contributed by atoms with E-state index in [2.05, 4.69) is 39.9 Å². The average Bonchev–Trinajstić information content (AvgIpc) is 2.84. The Balaban J connectivity index is 1.40. The predicted octanol–water partition coefficient (Wildman–Crippen LogP) is 6.62. The van der Waals surface area contributed by atoms with Gasteiger partial charge in [0.2, 0.25) is 0 Å². The maximum absolute atomic E-state index is 13.4. The van der Waals surface area contributed by atoms with E-state index < -0.39 is 0 Å².